The first-order valence-electron chi connectivity index (χ1n) is 9.29. The SMILES string of the molecule is COCCNc1ccc(C(=O)NCCCNC(=O)c2cccc(O)c2)cc1[N+](=O)[O-]. The van der Waals surface area contributed by atoms with E-state index in [-0.39, 0.29) is 29.5 Å². The number of carbonyl (C=O) groups excluding carboxylic acids is 2. The molecule has 30 heavy (non-hydrogen) atoms. The van der Waals surface area contributed by atoms with Gasteiger partial charge < -0.3 is 25.8 Å². The molecule has 0 spiro atoms. The van der Waals surface area contributed by atoms with Crippen LogP contribution in [0.1, 0.15) is 27.1 Å². The summed E-state index contributed by atoms with van der Waals surface area (Å²) in [7, 11) is 1.53. The summed E-state index contributed by atoms with van der Waals surface area (Å²) in [5, 5.41) is 28.9. The van der Waals surface area contributed by atoms with Gasteiger partial charge in [-0.15, -0.1) is 0 Å². The van der Waals surface area contributed by atoms with E-state index in [1.165, 1.54) is 37.4 Å². The number of carbonyl (C=O) groups is 2. The van der Waals surface area contributed by atoms with Gasteiger partial charge in [-0.25, -0.2) is 0 Å². The molecule has 0 saturated heterocycles. The van der Waals surface area contributed by atoms with Gasteiger partial charge in [-0.2, -0.15) is 0 Å². The second-order valence-electron chi connectivity index (χ2n) is 6.32. The Hall–Kier alpha value is -3.66. The van der Waals surface area contributed by atoms with Crippen LogP contribution in [0.15, 0.2) is 42.5 Å². The maximum Gasteiger partial charge on any atom is 0.293 e. The Morgan fingerprint density at radius 3 is 2.30 bits per heavy atom. The maximum absolute atomic E-state index is 12.3. The predicted octanol–water partition coefficient (Wildman–Crippen LogP) is 1.91. The Labute approximate surface area is 173 Å². The standard InChI is InChI=1S/C20H24N4O6/c1-30-11-10-21-17-7-6-15(13-18(17)24(28)29)20(27)23-9-3-8-22-19(26)14-4-2-5-16(25)12-14/h2,4-7,12-13,21,25H,3,8-11H2,1H3,(H,22,26)(H,23,27). The highest BCUT2D eigenvalue weighted by Crippen LogP contribution is 2.25. The fraction of sp³-hybridized carbons (Fsp3) is 0.300. The van der Waals surface area contributed by atoms with Crippen molar-refractivity contribution in [3.05, 3.63) is 63.7 Å². The average Bonchev–Trinajstić information content (AvgIpc) is 2.73. The maximum atomic E-state index is 12.3. The van der Waals surface area contributed by atoms with Crippen LogP contribution in [0.25, 0.3) is 0 Å². The number of nitrogens with zero attached hydrogens (tertiary/aromatic N) is 1. The molecule has 0 unspecified atom stereocenters. The van der Waals surface area contributed by atoms with Crippen molar-refractivity contribution in [1.29, 1.82) is 0 Å². The van der Waals surface area contributed by atoms with E-state index in [1.807, 2.05) is 0 Å². The first-order valence-corrected chi connectivity index (χ1v) is 9.29. The van der Waals surface area contributed by atoms with Gasteiger partial charge in [0.1, 0.15) is 11.4 Å². The molecule has 2 aromatic carbocycles. The summed E-state index contributed by atoms with van der Waals surface area (Å²) in [4.78, 5) is 34.9. The van der Waals surface area contributed by atoms with E-state index in [9.17, 15) is 24.8 Å². The fourth-order valence-corrected chi connectivity index (χ4v) is 2.60. The van der Waals surface area contributed by atoms with Crippen LogP contribution in [0.4, 0.5) is 11.4 Å². The second kappa shape index (κ2) is 11.4. The highest BCUT2D eigenvalue weighted by molar-refractivity contribution is 5.96. The first-order chi connectivity index (χ1) is 14.4. The number of rotatable bonds is 11. The molecule has 4 N–H and O–H groups in total. The van der Waals surface area contributed by atoms with E-state index in [0.29, 0.717) is 37.4 Å². The zero-order valence-corrected chi connectivity index (χ0v) is 16.5. The van der Waals surface area contributed by atoms with Gasteiger partial charge in [-0.3, -0.25) is 19.7 Å². The summed E-state index contributed by atoms with van der Waals surface area (Å²) in [6, 6.07) is 10.2. The second-order valence-corrected chi connectivity index (χ2v) is 6.32. The smallest absolute Gasteiger partial charge is 0.293 e. The van der Waals surface area contributed by atoms with Gasteiger partial charge in [0.15, 0.2) is 0 Å². The lowest BCUT2D eigenvalue weighted by molar-refractivity contribution is -0.384. The van der Waals surface area contributed by atoms with Crippen LogP contribution >= 0.6 is 0 Å². The number of anilines is 1. The number of methoxy groups -OCH3 is 1. The number of hydrogen-bond donors (Lipinski definition) is 4. The molecular weight excluding hydrogens is 392 g/mol. The topological polar surface area (TPSA) is 143 Å². The molecular formula is C20H24N4O6. The lowest BCUT2D eigenvalue weighted by atomic mass is 10.1. The minimum Gasteiger partial charge on any atom is -0.508 e. The molecule has 2 aromatic rings. The van der Waals surface area contributed by atoms with E-state index < -0.39 is 10.8 Å². The number of benzene rings is 2. The van der Waals surface area contributed by atoms with Crippen molar-refractivity contribution in [3.8, 4) is 5.75 Å². The van der Waals surface area contributed by atoms with Crippen molar-refractivity contribution >= 4 is 23.2 Å². The molecule has 2 rings (SSSR count). The van der Waals surface area contributed by atoms with Crippen molar-refractivity contribution in [1.82, 2.24) is 10.6 Å². The zero-order valence-electron chi connectivity index (χ0n) is 16.5. The molecule has 0 fully saturated rings. The lowest BCUT2D eigenvalue weighted by Crippen LogP contribution is -2.30. The minimum absolute atomic E-state index is 0.00363. The van der Waals surface area contributed by atoms with Crippen molar-refractivity contribution in [2.45, 2.75) is 6.42 Å². The van der Waals surface area contributed by atoms with E-state index in [4.69, 9.17) is 4.74 Å². The quantitative estimate of drug-likeness (QED) is 0.249. The van der Waals surface area contributed by atoms with Crippen LogP contribution in [0, 0.1) is 10.1 Å². The van der Waals surface area contributed by atoms with Crippen LogP contribution in [-0.2, 0) is 4.74 Å². The third kappa shape index (κ3) is 6.74. The molecule has 0 aliphatic rings. The summed E-state index contributed by atoms with van der Waals surface area (Å²) in [5.41, 5.74) is 0.619. The van der Waals surface area contributed by atoms with Gasteiger partial charge in [0, 0.05) is 43.9 Å². The normalized spacial score (nSPS) is 10.3. The summed E-state index contributed by atoms with van der Waals surface area (Å²) >= 11 is 0. The van der Waals surface area contributed by atoms with Crippen molar-refractivity contribution in [2.75, 3.05) is 38.7 Å². The highest BCUT2D eigenvalue weighted by atomic mass is 16.6. The van der Waals surface area contributed by atoms with Crippen LogP contribution in [-0.4, -0.2) is 55.2 Å². The van der Waals surface area contributed by atoms with Crippen LogP contribution < -0.4 is 16.0 Å². The van der Waals surface area contributed by atoms with Crippen LogP contribution in [0.5, 0.6) is 5.75 Å². The third-order valence-electron chi connectivity index (χ3n) is 4.11. The molecule has 0 saturated carbocycles. The van der Waals surface area contributed by atoms with Gasteiger partial charge in [-0.1, -0.05) is 6.07 Å². The molecule has 160 valence electrons. The number of ether oxygens (including phenoxy) is 1. The van der Waals surface area contributed by atoms with Crippen molar-refractivity contribution < 1.29 is 24.4 Å². The summed E-state index contributed by atoms with van der Waals surface area (Å²) in [6.45, 7) is 1.39. The lowest BCUT2D eigenvalue weighted by Gasteiger charge is -2.09. The number of aromatic hydroxyl groups is 1. The highest BCUT2D eigenvalue weighted by Gasteiger charge is 2.17. The minimum atomic E-state index is -0.553. The molecule has 0 atom stereocenters. The van der Waals surface area contributed by atoms with Crippen LogP contribution in [0.3, 0.4) is 0 Å². The molecule has 0 aromatic heterocycles. The zero-order chi connectivity index (χ0) is 21.9. The van der Waals surface area contributed by atoms with Gasteiger partial charge in [0.25, 0.3) is 17.5 Å². The van der Waals surface area contributed by atoms with Gasteiger partial charge >= 0.3 is 0 Å². The van der Waals surface area contributed by atoms with Gasteiger partial charge in [-0.05, 0) is 36.8 Å². The van der Waals surface area contributed by atoms with E-state index in [0.717, 1.165) is 0 Å². The molecule has 0 bridgehead atoms. The number of phenols is 1. The number of nitro benzene ring substituents is 1. The molecule has 10 heteroatoms. The Morgan fingerprint density at radius 2 is 1.70 bits per heavy atom. The predicted molar refractivity (Wildman–Crippen MR) is 111 cm³/mol. The van der Waals surface area contributed by atoms with Crippen molar-refractivity contribution in [3.63, 3.8) is 0 Å². The molecule has 0 heterocycles. The Balaban J connectivity index is 1.82. The molecule has 0 aliphatic heterocycles. The summed E-state index contributed by atoms with van der Waals surface area (Å²) in [6.07, 6.45) is 0.467. The van der Waals surface area contributed by atoms with Crippen molar-refractivity contribution in [2.24, 2.45) is 0 Å². The van der Waals surface area contributed by atoms with E-state index in [2.05, 4.69) is 16.0 Å². The van der Waals surface area contributed by atoms with Gasteiger partial charge in [0.2, 0.25) is 0 Å². The number of hydrogen-bond acceptors (Lipinski definition) is 7. The molecule has 2 amide bonds. The molecule has 0 aliphatic carbocycles. The van der Waals surface area contributed by atoms with E-state index >= 15 is 0 Å². The summed E-state index contributed by atoms with van der Waals surface area (Å²) in [5.74, 6) is -0.769. The first kappa shape index (κ1) is 22.6. The van der Waals surface area contributed by atoms with Gasteiger partial charge in [0.05, 0.1) is 11.5 Å². The fourth-order valence-electron chi connectivity index (χ4n) is 2.60. The summed E-state index contributed by atoms with van der Waals surface area (Å²) < 4.78 is 4.90. The third-order valence-corrected chi connectivity index (χ3v) is 4.11. The Kier molecular flexibility index (Phi) is 8.57. The number of phenolic OH excluding ortho intramolecular Hbond substituents is 1. The Morgan fingerprint density at radius 1 is 1.03 bits per heavy atom. The van der Waals surface area contributed by atoms with Crippen LogP contribution in [0.2, 0.25) is 0 Å². The monoisotopic (exact) mass is 416 g/mol. The Bertz CT molecular complexity index is 903. The number of nitro groups is 1. The average molecular weight is 416 g/mol. The van der Waals surface area contributed by atoms with E-state index in [1.54, 1.807) is 12.1 Å². The largest absolute Gasteiger partial charge is 0.508 e. The molecule has 10 nitrogen and oxygen atoms in total. The number of amides is 2. The molecule has 0 radical (unpaired) electrons. The number of nitrogens with one attached hydrogen (secondary N) is 3.